The van der Waals surface area contributed by atoms with Crippen molar-refractivity contribution >= 4 is 11.3 Å². The van der Waals surface area contributed by atoms with Crippen molar-refractivity contribution in [2.45, 2.75) is 44.1 Å². The first-order chi connectivity index (χ1) is 8.18. The molecule has 1 saturated carbocycles. The second-order valence-corrected chi connectivity index (χ2v) is 6.52. The summed E-state index contributed by atoms with van der Waals surface area (Å²) in [6.07, 6.45) is 7.57. The number of nitrogens with two attached hydrogens (primary N) is 1. The van der Waals surface area contributed by atoms with E-state index >= 15 is 0 Å². The lowest BCUT2D eigenvalue weighted by Gasteiger charge is -2.36. The van der Waals surface area contributed by atoms with E-state index in [1.165, 1.54) is 37.0 Å². The minimum Gasteiger partial charge on any atom is -0.324 e. The van der Waals surface area contributed by atoms with Gasteiger partial charge in [0.25, 0.3) is 0 Å². The van der Waals surface area contributed by atoms with Crippen molar-refractivity contribution in [2.24, 2.45) is 5.73 Å². The number of nitrogens with zero attached hydrogens (tertiary/aromatic N) is 1. The van der Waals surface area contributed by atoms with E-state index in [4.69, 9.17) is 5.73 Å². The smallest absolute Gasteiger partial charge is 0.0283 e. The fourth-order valence-electron chi connectivity index (χ4n) is 2.79. The summed E-state index contributed by atoms with van der Waals surface area (Å²) >= 11 is 1.85. The van der Waals surface area contributed by atoms with Crippen LogP contribution in [0.5, 0.6) is 0 Å². The van der Waals surface area contributed by atoms with Crippen molar-refractivity contribution in [3.05, 3.63) is 22.4 Å². The third kappa shape index (κ3) is 4.09. The average molecular weight is 252 g/mol. The lowest BCUT2D eigenvalue weighted by Crippen LogP contribution is -2.50. The van der Waals surface area contributed by atoms with Crippen molar-refractivity contribution < 1.29 is 0 Å². The Hall–Kier alpha value is -0.380. The van der Waals surface area contributed by atoms with Gasteiger partial charge in [-0.1, -0.05) is 25.3 Å². The van der Waals surface area contributed by atoms with Crippen LogP contribution >= 0.6 is 11.3 Å². The summed E-state index contributed by atoms with van der Waals surface area (Å²) in [4.78, 5) is 3.89. The maximum atomic E-state index is 6.47. The molecule has 0 saturated heterocycles. The topological polar surface area (TPSA) is 29.3 Å². The summed E-state index contributed by atoms with van der Waals surface area (Å²) in [5.41, 5.74) is 6.56. The molecular formula is C14H24N2S. The van der Waals surface area contributed by atoms with Gasteiger partial charge in [0.15, 0.2) is 0 Å². The Morgan fingerprint density at radius 3 is 2.76 bits per heavy atom. The van der Waals surface area contributed by atoms with Crippen LogP contribution in [0.2, 0.25) is 0 Å². The standard InChI is InChI=1S/C14H24N2S/c1-16(10-7-13-6-5-11-17-13)12-14(15)8-3-2-4-9-14/h5-6,11H,2-4,7-10,12,15H2,1H3. The second-order valence-electron chi connectivity index (χ2n) is 5.49. The highest BCUT2D eigenvalue weighted by atomic mass is 32.1. The summed E-state index contributed by atoms with van der Waals surface area (Å²) in [6.45, 7) is 2.18. The van der Waals surface area contributed by atoms with Gasteiger partial charge in [-0.25, -0.2) is 0 Å². The first kappa shape index (κ1) is 13.1. The summed E-state index contributed by atoms with van der Waals surface area (Å²) in [5.74, 6) is 0. The highest BCUT2D eigenvalue weighted by Crippen LogP contribution is 2.26. The zero-order valence-electron chi connectivity index (χ0n) is 10.8. The van der Waals surface area contributed by atoms with E-state index in [0.29, 0.717) is 0 Å². The van der Waals surface area contributed by atoms with Gasteiger partial charge in [0.2, 0.25) is 0 Å². The van der Waals surface area contributed by atoms with Crippen molar-refractivity contribution in [1.29, 1.82) is 0 Å². The number of hydrogen-bond donors (Lipinski definition) is 1. The molecule has 96 valence electrons. The molecule has 0 aliphatic heterocycles. The Morgan fingerprint density at radius 2 is 2.12 bits per heavy atom. The lowest BCUT2D eigenvalue weighted by atomic mass is 9.82. The van der Waals surface area contributed by atoms with Gasteiger partial charge in [-0.2, -0.15) is 0 Å². The van der Waals surface area contributed by atoms with Crippen LogP contribution in [-0.2, 0) is 6.42 Å². The zero-order valence-corrected chi connectivity index (χ0v) is 11.6. The summed E-state index contributed by atoms with van der Waals surface area (Å²) in [5, 5.41) is 2.15. The molecule has 0 atom stereocenters. The number of hydrogen-bond acceptors (Lipinski definition) is 3. The second kappa shape index (κ2) is 5.98. The molecule has 0 radical (unpaired) electrons. The van der Waals surface area contributed by atoms with Gasteiger partial charge in [0.1, 0.15) is 0 Å². The van der Waals surface area contributed by atoms with E-state index in [1.807, 2.05) is 11.3 Å². The maximum Gasteiger partial charge on any atom is 0.0283 e. The first-order valence-electron chi connectivity index (χ1n) is 6.68. The minimum absolute atomic E-state index is 0.0858. The first-order valence-corrected chi connectivity index (χ1v) is 7.56. The fourth-order valence-corrected chi connectivity index (χ4v) is 3.48. The molecular weight excluding hydrogens is 228 g/mol. The molecule has 17 heavy (non-hydrogen) atoms. The van der Waals surface area contributed by atoms with Crippen molar-refractivity contribution in [3.8, 4) is 0 Å². The van der Waals surface area contributed by atoms with Gasteiger partial charge in [-0.05, 0) is 37.8 Å². The molecule has 0 bridgehead atoms. The predicted molar refractivity (Wildman–Crippen MR) is 75.5 cm³/mol. The Kier molecular flexibility index (Phi) is 4.60. The largest absolute Gasteiger partial charge is 0.324 e. The maximum absolute atomic E-state index is 6.47. The highest BCUT2D eigenvalue weighted by molar-refractivity contribution is 7.09. The van der Waals surface area contributed by atoms with Gasteiger partial charge >= 0.3 is 0 Å². The molecule has 3 heteroatoms. The van der Waals surface area contributed by atoms with E-state index in [2.05, 4.69) is 29.5 Å². The van der Waals surface area contributed by atoms with Crippen molar-refractivity contribution in [2.75, 3.05) is 20.1 Å². The Morgan fingerprint density at radius 1 is 1.35 bits per heavy atom. The SMILES string of the molecule is CN(CCc1cccs1)CC1(N)CCCCC1. The van der Waals surface area contributed by atoms with E-state index < -0.39 is 0 Å². The molecule has 0 aromatic carbocycles. The molecule has 2 N–H and O–H groups in total. The van der Waals surface area contributed by atoms with E-state index in [1.54, 1.807) is 0 Å². The van der Waals surface area contributed by atoms with Gasteiger partial charge in [-0.3, -0.25) is 0 Å². The van der Waals surface area contributed by atoms with Crippen LogP contribution in [0.4, 0.5) is 0 Å². The molecule has 2 rings (SSSR count). The van der Waals surface area contributed by atoms with Crippen LogP contribution in [0.1, 0.15) is 37.0 Å². The van der Waals surface area contributed by atoms with Crippen LogP contribution in [0.3, 0.4) is 0 Å². The Bertz CT molecular complexity index is 315. The van der Waals surface area contributed by atoms with Crippen LogP contribution < -0.4 is 5.73 Å². The average Bonchev–Trinajstić information content (AvgIpc) is 2.79. The monoisotopic (exact) mass is 252 g/mol. The normalized spacial score (nSPS) is 19.7. The minimum atomic E-state index is 0.0858. The molecule has 1 heterocycles. The van der Waals surface area contributed by atoms with Gasteiger partial charge < -0.3 is 10.6 Å². The van der Waals surface area contributed by atoms with E-state index in [-0.39, 0.29) is 5.54 Å². The van der Waals surface area contributed by atoms with Crippen LogP contribution in [0.25, 0.3) is 0 Å². The molecule has 0 unspecified atom stereocenters. The molecule has 0 amide bonds. The number of thiophene rings is 1. The van der Waals surface area contributed by atoms with Crippen LogP contribution in [0.15, 0.2) is 17.5 Å². The Balaban J connectivity index is 1.74. The van der Waals surface area contributed by atoms with Crippen LogP contribution in [-0.4, -0.2) is 30.6 Å². The van der Waals surface area contributed by atoms with Gasteiger partial charge in [0, 0.05) is 23.5 Å². The third-order valence-corrected chi connectivity index (χ3v) is 4.69. The molecule has 2 nitrogen and oxygen atoms in total. The molecule has 0 spiro atoms. The fraction of sp³-hybridized carbons (Fsp3) is 0.714. The molecule has 1 aromatic heterocycles. The highest BCUT2D eigenvalue weighted by Gasteiger charge is 2.28. The number of rotatable bonds is 5. The van der Waals surface area contributed by atoms with Gasteiger partial charge in [0.05, 0.1) is 0 Å². The Labute approximate surface area is 109 Å². The molecule has 1 fully saturated rings. The quantitative estimate of drug-likeness (QED) is 0.873. The zero-order chi connectivity index (χ0) is 12.1. The van der Waals surface area contributed by atoms with E-state index in [0.717, 1.165) is 19.5 Å². The third-order valence-electron chi connectivity index (χ3n) is 3.75. The summed E-state index contributed by atoms with van der Waals surface area (Å²) < 4.78 is 0. The van der Waals surface area contributed by atoms with E-state index in [9.17, 15) is 0 Å². The predicted octanol–water partition coefficient (Wildman–Crippen LogP) is 2.88. The molecule has 1 aromatic rings. The molecule has 1 aliphatic rings. The van der Waals surface area contributed by atoms with Crippen molar-refractivity contribution in [3.63, 3.8) is 0 Å². The molecule has 1 aliphatic carbocycles. The van der Waals surface area contributed by atoms with Crippen molar-refractivity contribution in [1.82, 2.24) is 4.90 Å². The van der Waals surface area contributed by atoms with Gasteiger partial charge in [-0.15, -0.1) is 11.3 Å². The summed E-state index contributed by atoms with van der Waals surface area (Å²) in [6, 6.07) is 4.35. The number of likely N-dealkylation sites (N-methyl/N-ethyl adjacent to an activating group) is 1. The van der Waals surface area contributed by atoms with Crippen LogP contribution in [0, 0.1) is 0 Å². The summed E-state index contributed by atoms with van der Waals surface area (Å²) in [7, 11) is 2.21. The lowest BCUT2D eigenvalue weighted by molar-refractivity contribution is 0.199.